The second-order valence-electron chi connectivity index (χ2n) is 19.8. The number of benzene rings is 11. The van der Waals surface area contributed by atoms with Gasteiger partial charge in [-0.2, -0.15) is 0 Å². The maximum absolute atomic E-state index is 6.77. The largest absolute Gasteiger partial charge is 0.455 e. The highest BCUT2D eigenvalue weighted by atomic mass is 16.3. The van der Waals surface area contributed by atoms with E-state index in [1.165, 1.54) is 66.4 Å². The van der Waals surface area contributed by atoms with Crippen LogP contribution in [0.4, 0.5) is 0 Å². The average molecular weight is 955 g/mol. The molecule has 0 bridgehead atoms. The number of hydrogen-bond donors (Lipinski definition) is 0. The summed E-state index contributed by atoms with van der Waals surface area (Å²) in [6.07, 6.45) is 0. The zero-order chi connectivity index (χ0) is 49.2. The summed E-state index contributed by atoms with van der Waals surface area (Å²) < 4.78 is 9.18. The van der Waals surface area contributed by atoms with Crippen LogP contribution in [0.3, 0.4) is 0 Å². The number of nitrogens with zero attached hydrogens (tertiary/aromatic N) is 4. The first-order valence-corrected chi connectivity index (χ1v) is 25.6. The van der Waals surface area contributed by atoms with Gasteiger partial charge in [0.25, 0.3) is 0 Å². The van der Waals surface area contributed by atoms with Crippen LogP contribution < -0.4 is 0 Å². The minimum absolute atomic E-state index is 0.412. The molecule has 11 aromatic carbocycles. The number of rotatable bonds is 6. The fourth-order valence-corrected chi connectivity index (χ4v) is 12.7. The van der Waals surface area contributed by atoms with Crippen molar-refractivity contribution in [1.29, 1.82) is 0 Å². The Balaban J connectivity index is 0.859. The first-order valence-electron chi connectivity index (χ1n) is 25.6. The summed E-state index contributed by atoms with van der Waals surface area (Å²) in [6.45, 7) is 0. The van der Waals surface area contributed by atoms with E-state index in [4.69, 9.17) is 19.4 Å². The van der Waals surface area contributed by atoms with Crippen LogP contribution in [0.25, 0.3) is 128 Å². The van der Waals surface area contributed by atoms with Crippen LogP contribution in [0.2, 0.25) is 0 Å². The highest BCUT2D eigenvalue weighted by Gasteiger charge is 2.52. The lowest BCUT2D eigenvalue weighted by atomic mass is 9.70. The Bertz CT molecular complexity index is 4550. The lowest BCUT2D eigenvalue weighted by molar-refractivity contribution is 0.669. The fraction of sp³-hybridized carbons (Fsp3) is 0.0143. The summed E-state index contributed by atoms with van der Waals surface area (Å²) in [5.74, 6) is 1.78. The lowest BCUT2D eigenvalue weighted by Gasteiger charge is -2.30. The summed E-state index contributed by atoms with van der Waals surface area (Å²) in [5, 5.41) is 4.42. The van der Waals surface area contributed by atoms with Crippen molar-refractivity contribution in [3.63, 3.8) is 0 Å². The van der Waals surface area contributed by atoms with E-state index >= 15 is 0 Å². The molecule has 348 valence electrons. The maximum atomic E-state index is 6.77. The van der Waals surface area contributed by atoms with Crippen molar-refractivity contribution in [2.24, 2.45) is 0 Å². The monoisotopic (exact) mass is 954 g/mol. The zero-order valence-corrected chi connectivity index (χ0v) is 40.4. The third-order valence-electron chi connectivity index (χ3n) is 15.9. The van der Waals surface area contributed by atoms with Crippen LogP contribution in [-0.4, -0.2) is 19.5 Å². The van der Waals surface area contributed by atoms with Gasteiger partial charge in [-0.05, 0) is 121 Å². The molecule has 0 unspecified atom stereocenters. The molecule has 5 nitrogen and oxygen atoms in total. The Kier molecular flexibility index (Phi) is 8.89. The normalized spacial score (nSPS) is 12.9. The first kappa shape index (κ1) is 41.6. The highest BCUT2D eigenvalue weighted by molar-refractivity contribution is 6.14. The molecule has 3 heterocycles. The molecule has 75 heavy (non-hydrogen) atoms. The van der Waals surface area contributed by atoms with E-state index in [9.17, 15) is 0 Å². The summed E-state index contributed by atoms with van der Waals surface area (Å²) in [6, 6.07) is 91.8. The van der Waals surface area contributed by atoms with Crippen molar-refractivity contribution in [1.82, 2.24) is 19.5 Å². The molecule has 3 aromatic heterocycles. The SMILES string of the molecule is c1ccc(-c2nc(-c3ccccc3)nc(-c3cccc4c3oc3ccc(-c5ccc6c(c5)c5cc(-c7cccc8c7-c7ccccc7C87c8ccccc8-c8ccccc87)ccc5n6-c5ccccc5)cc34)n2)cc1. The number of furan rings is 1. The van der Waals surface area contributed by atoms with Gasteiger partial charge in [0.1, 0.15) is 11.2 Å². The smallest absolute Gasteiger partial charge is 0.167 e. The van der Waals surface area contributed by atoms with Gasteiger partial charge in [0.15, 0.2) is 17.5 Å². The van der Waals surface area contributed by atoms with Crippen LogP contribution in [0.5, 0.6) is 0 Å². The first-order chi connectivity index (χ1) is 37.2. The predicted octanol–water partition coefficient (Wildman–Crippen LogP) is 17.5. The lowest BCUT2D eigenvalue weighted by Crippen LogP contribution is -2.25. The Morgan fingerprint density at radius 2 is 0.773 bits per heavy atom. The van der Waals surface area contributed by atoms with E-state index < -0.39 is 5.41 Å². The van der Waals surface area contributed by atoms with Gasteiger partial charge in [-0.1, -0.05) is 200 Å². The van der Waals surface area contributed by atoms with Gasteiger partial charge < -0.3 is 8.98 Å². The Morgan fingerprint density at radius 1 is 0.307 bits per heavy atom. The van der Waals surface area contributed by atoms with Crippen molar-refractivity contribution < 1.29 is 4.42 Å². The number of para-hydroxylation sites is 2. The van der Waals surface area contributed by atoms with Gasteiger partial charge in [-0.3, -0.25) is 0 Å². The molecule has 0 saturated carbocycles. The third-order valence-corrected chi connectivity index (χ3v) is 15.9. The topological polar surface area (TPSA) is 56.7 Å². The van der Waals surface area contributed by atoms with Crippen molar-refractivity contribution in [3.05, 3.63) is 277 Å². The standard InChI is InChI=1S/C70H42N4O/c1-4-18-43(19-5-1)67-71-68(44-20-6-2-7-21-44)73-69(72-67)54-29-16-28-52-57-41-46(36-39-64(57)75-66(52)54)45-34-37-62-55(40-45)56-42-47(35-38-63(56)74(62)48-22-8-3-9-23-48)49-27-17-33-61-65(49)53-26-12-15-32-60(53)70(61)58-30-13-10-24-50(58)51-25-11-14-31-59(51)70/h1-42H. The van der Waals surface area contributed by atoms with Crippen LogP contribution in [0, 0.1) is 0 Å². The van der Waals surface area contributed by atoms with E-state index in [1.54, 1.807) is 0 Å². The molecular formula is C70H42N4O. The summed E-state index contributed by atoms with van der Waals surface area (Å²) in [5.41, 5.74) is 22.5. The van der Waals surface area contributed by atoms with Crippen molar-refractivity contribution >= 4 is 43.7 Å². The Labute approximate surface area is 432 Å². The quantitative estimate of drug-likeness (QED) is 0.167. The molecule has 0 amide bonds. The van der Waals surface area contributed by atoms with E-state index in [0.29, 0.717) is 17.5 Å². The van der Waals surface area contributed by atoms with Crippen LogP contribution >= 0.6 is 0 Å². The fourth-order valence-electron chi connectivity index (χ4n) is 12.7. The van der Waals surface area contributed by atoms with Gasteiger partial charge >= 0.3 is 0 Å². The average Bonchev–Trinajstić information content (AvgIpc) is 4.40. The van der Waals surface area contributed by atoms with E-state index in [-0.39, 0.29) is 0 Å². The molecule has 0 atom stereocenters. The second-order valence-corrected chi connectivity index (χ2v) is 19.8. The molecular weight excluding hydrogens is 913 g/mol. The molecule has 1 spiro atoms. The molecule has 16 rings (SSSR count). The summed E-state index contributed by atoms with van der Waals surface area (Å²) >= 11 is 0. The van der Waals surface area contributed by atoms with Gasteiger partial charge in [-0.25, -0.2) is 15.0 Å². The molecule has 0 radical (unpaired) electrons. The molecule has 2 aliphatic rings. The van der Waals surface area contributed by atoms with Crippen molar-refractivity contribution in [2.75, 3.05) is 0 Å². The number of aromatic nitrogens is 4. The minimum atomic E-state index is -0.412. The van der Waals surface area contributed by atoms with E-state index in [2.05, 4.69) is 193 Å². The molecule has 5 heteroatoms. The summed E-state index contributed by atoms with van der Waals surface area (Å²) in [7, 11) is 0. The van der Waals surface area contributed by atoms with Gasteiger partial charge in [0, 0.05) is 38.4 Å². The number of hydrogen-bond acceptors (Lipinski definition) is 4. The van der Waals surface area contributed by atoms with Gasteiger partial charge in [0.2, 0.25) is 0 Å². The molecule has 0 N–H and O–H groups in total. The minimum Gasteiger partial charge on any atom is -0.455 e. The predicted molar refractivity (Wildman–Crippen MR) is 305 cm³/mol. The number of fused-ring (bicyclic) bond motifs is 16. The third kappa shape index (κ3) is 6.04. The molecule has 14 aromatic rings. The molecule has 0 saturated heterocycles. The zero-order valence-electron chi connectivity index (χ0n) is 40.4. The Hall–Kier alpha value is -9.97. The summed E-state index contributed by atoms with van der Waals surface area (Å²) in [4.78, 5) is 15.1. The van der Waals surface area contributed by atoms with Crippen LogP contribution in [-0.2, 0) is 5.41 Å². The van der Waals surface area contributed by atoms with Gasteiger partial charge in [-0.15, -0.1) is 0 Å². The maximum Gasteiger partial charge on any atom is 0.167 e. The highest BCUT2D eigenvalue weighted by Crippen LogP contribution is 2.64. The molecule has 0 aliphatic heterocycles. The molecule has 0 fully saturated rings. The van der Waals surface area contributed by atoms with Crippen molar-refractivity contribution in [3.8, 4) is 84.4 Å². The van der Waals surface area contributed by atoms with Crippen LogP contribution in [0.1, 0.15) is 22.3 Å². The Morgan fingerprint density at radius 3 is 1.43 bits per heavy atom. The van der Waals surface area contributed by atoms with Crippen LogP contribution in [0.15, 0.2) is 259 Å². The van der Waals surface area contributed by atoms with E-state index in [1.807, 2.05) is 66.7 Å². The molecule has 2 aliphatic carbocycles. The second kappa shape index (κ2) is 16.0. The van der Waals surface area contributed by atoms with Crippen molar-refractivity contribution in [2.45, 2.75) is 5.41 Å². The van der Waals surface area contributed by atoms with Gasteiger partial charge in [0.05, 0.1) is 22.0 Å². The van der Waals surface area contributed by atoms with E-state index in [0.717, 1.165) is 66.5 Å².